The fraction of sp³-hybridized carbons (Fsp3) is 0.278. The Balaban J connectivity index is 1.73. The van der Waals surface area contributed by atoms with Crippen molar-refractivity contribution in [3.8, 4) is 5.69 Å². The Morgan fingerprint density at radius 1 is 1.23 bits per heavy atom. The molecule has 0 saturated carbocycles. The number of aryl methyl sites for hydroxylation is 1. The summed E-state index contributed by atoms with van der Waals surface area (Å²) in [5, 5.41) is 10.5. The average molecular weight is 309 g/mol. The van der Waals surface area contributed by atoms with Gasteiger partial charge in [-0.2, -0.15) is 5.10 Å². The van der Waals surface area contributed by atoms with Gasteiger partial charge in [0.1, 0.15) is 5.82 Å². The summed E-state index contributed by atoms with van der Waals surface area (Å²) < 4.78 is 2.07. The van der Waals surface area contributed by atoms with Gasteiger partial charge in [0.25, 0.3) is 0 Å². The molecule has 1 aliphatic rings. The first-order chi connectivity index (χ1) is 10.8. The van der Waals surface area contributed by atoms with Crippen LogP contribution in [0.1, 0.15) is 28.6 Å². The van der Waals surface area contributed by atoms with Crippen molar-refractivity contribution in [2.24, 2.45) is 0 Å². The summed E-state index contributed by atoms with van der Waals surface area (Å²) in [4.78, 5) is 1.38. The minimum Gasteiger partial charge on any atom is -0.369 e. The van der Waals surface area contributed by atoms with Gasteiger partial charge in [-0.25, -0.2) is 4.68 Å². The summed E-state index contributed by atoms with van der Waals surface area (Å²) in [6.45, 7) is 3.19. The lowest BCUT2D eigenvalue weighted by molar-refractivity contribution is 0.841. The summed E-state index contributed by atoms with van der Waals surface area (Å²) in [6, 6.07) is 13.0. The molecule has 0 bridgehead atoms. The van der Waals surface area contributed by atoms with Gasteiger partial charge >= 0.3 is 0 Å². The number of rotatable bonds is 4. The number of hydrogen-bond acceptors (Lipinski definition) is 3. The highest BCUT2D eigenvalue weighted by molar-refractivity contribution is 7.09. The molecule has 3 nitrogen and oxygen atoms in total. The lowest BCUT2D eigenvalue weighted by atomic mass is 10.1. The Bertz CT molecular complexity index is 770. The normalized spacial score (nSPS) is 13.1. The molecule has 0 radical (unpaired) electrons. The summed E-state index contributed by atoms with van der Waals surface area (Å²) in [6.07, 6.45) is 3.07. The molecule has 1 aromatic carbocycles. The molecule has 22 heavy (non-hydrogen) atoms. The van der Waals surface area contributed by atoms with Crippen LogP contribution in [-0.4, -0.2) is 16.3 Å². The van der Waals surface area contributed by atoms with Gasteiger partial charge in [-0.05, 0) is 42.0 Å². The highest BCUT2D eigenvalue weighted by atomic mass is 32.1. The van der Waals surface area contributed by atoms with Crippen LogP contribution in [0, 0.1) is 0 Å². The minimum absolute atomic E-state index is 0.932. The highest BCUT2D eigenvalue weighted by Crippen LogP contribution is 2.30. The molecule has 1 aliphatic heterocycles. The third kappa shape index (κ3) is 2.33. The molecule has 4 rings (SSSR count). The average Bonchev–Trinajstić information content (AvgIpc) is 3.27. The van der Waals surface area contributed by atoms with Crippen molar-refractivity contribution in [2.45, 2.75) is 26.2 Å². The van der Waals surface area contributed by atoms with E-state index in [9.17, 15) is 0 Å². The van der Waals surface area contributed by atoms with Crippen LogP contribution >= 0.6 is 11.3 Å². The van der Waals surface area contributed by atoms with E-state index in [4.69, 9.17) is 5.10 Å². The summed E-state index contributed by atoms with van der Waals surface area (Å²) in [7, 11) is 0. The third-order valence-electron chi connectivity index (χ3n) is 4.25. The van der Waals surface area contributed by atoms with Crippen molar-refractivity contribution in [2.75, 3.05) is 11.9 Å². The van der Waals surface area contributed by atoms with Crippen LogP contribution in [0.5, 0.6) is 0 Å². The second-order valence-corrected chi connectivity index (χ2v) is 6.67. The van der Waals surface area contributed by atoms with Crippen LogP contribution in [0.3, 0.4) is 0 Å². The van der Waals surface area contributed by atoms with Gasteiger partial charge < -0.3 is 5.32 Å². The lowest BCUT2D eigenvalue weighted by Gasteiger charge is -2.07. The number of benzene rings is 1. The topological polar surface area (TPSA) is 29.9 Å². The molecule has 0 fully saturated rings. The van der Waals surface area contributed by atoms with Crippen LogP contribution in [-0.2, 0) is 19.3 Å². The molecular formula is C18H19N3S. The Hall–Kier alpha value is -2.07. The molecule has 0 unspecified atom stereocenters. The second kappa shape index (κ2) is 5.61. The molecule has 3 aromatic rings. The third-order valence-corrected chi connectivity index (χ3v) is 5.12. The second-order valence-electron chi connectivity index (χ2n) is 5.64. The monoisotopic (exact) mass is 309 g/mol. The lowest BCUT2D eigenvalue weighted by Crippen LogP contribution is -2.05. The van der Waals surface area contributed by atoms with E-state index in [0.717, 1.165) is 31.5 Å². The number of anilines is 1. The minimum atomic E-state index is 0.932. The smallest absolute Gasteiger partial charge is 0.133 e. The van der Waals surface area contributed by atoms with Gasteiger partial charge in [-0.3, -0.25) is 0 Å². The van der Waals surface area contributed by atoms with E-state index in [1.807, 2.05) is 0 Å². The van der Waals surface area contributed by atoms with Crippen LogP contribution in [0.15, 0.2) is 41.8 Å². The maximum absolute atomic E-state index is 4.89. The molecule has 3 heterocycles. The van der Waals surface area contributed by atoms with Crippen LogP contribution in [0.2, 0.25) is 0 Å². The first-order valence-electron chi connectivity index (χ1n) is 7.81. The van der Waals surface area contributed by atoms with Crippen molar-refractivity contribution >= 4 is 17.2 Å². The van der Waals surface area contributed by atoms with Crippen molar-refractivity contribution in [3.05, 3.63) is 63.5 Å². The largest absolute Gasteiger partial charge is 0.369 e. The summed E-state index contributed by atoms with van der Waals surface area (Å²) >= 11 is 1.80. The Morgan fingerprint density at radius 3 is 2.82 bits per heavy atom. The Kier molecular flexibility index (Phi) is 3.47. The van der Waals surface area contributed by atoms with E-state index >= 15 is 0 Å². The van der Waals surface area contributed by atoms with Crippen LogP contribution in [0.4, 0.5) is 5.82 Å². The molecule has 112 valence electrons. The van der Waals surface area contributed by atoms with E-state index in [1.165, 1.54) is 27.5 Å². The molecule has 4 heteroatoms. The Morgan fingerprint density at radius 2 is 2.09 bits per heavy atom. The number of thiophene rings is 1. The fourth-order valence-electron chi connectivity index (χ4n) is 3.03. The number of aromatic nitrogens is 2. The summed E-state index contributed by atoms with van der Waals surface area (Å²) in [5.41, 5.74) is 5.09. The van der Waals surface area contributed by atoms with Crippen molar-refractivity contribution in [3.63, 3.8) is 0 Å². The van der Waals surface area contributed by atoms with Gasteiger partial charge in [0.05, 0.1) is 11.4 Å². The molecule has 1 N–H and O–H groups in total. The number of nitrogens with zero attached hydrogens (tertiary/aromatic N) is 2. The van der Waals surface area contributed by atoms with E-state index in [1.54, 1.807) is 11.3 Å². The van der Waals surface area contributed by atoms with Crippen molar-refractivity contribution in [1.29, 1.82) is 0 Å². The zero-order valence-electron chi connectivity index (χ0n) is 12.7. The standard InChI is InChI=1S/C18H19N3S/c1-2-13-5-7-14(8-6-13)21-18-16(9-10-19-18)17(20-21)12-15-4-3-11-22-15/h3-8,11,19H,2,9-10,12H2,1H3. The van der Waals surface area contributed by atoms with Gasteiger partial charge in [0, 0.05) is 23.4 Å². The first-order valence-corrected chi connectivity index (χ1v) is 8.69. The molecule has 0 amide bonds. The Labute approximate surface area is 134 Å². The quantitative estimate of drug-likeness (QED) is 0.788. The summed E-state index contributed by atoms with van der Waals surface area (Å²) in [5.74, 6) is 1.18. The fourth-order valence-corrected chi connectivity index (χ4v) is 3.73. The van der Waals surface area contributed by atoms with Crippen LogP contribution < -0.4 is 5.32 Å². The molecule has 0 aliphatic carbocycles. The van der Waals surface area contributed by atoms with Crippen LogP contribution in [0.25, 0.3) is 5.69 Å². The maximum atomic E-state index is 4.89. The number of fused-ring (bicyclic) bond motifs is 1. The van der Waals surface area contributed by atoms with E-state index in [2.05, 4.69) is 58.7 Å². The molecule has 2 aromatic heterocycles. The van der Waals surface area contributed by atoms with Gasteiger partial charge in [0.15, 0.2) is 0 Å². The predicted molar refractivity (Wildman–Crippen MR) is 92.3 cm³/mol. The van der Waals surface area contributed by atoms with E-state index in [-0.39, 0.29) is 0 Å². The molecule has 0 atom stereocenters. The van der Waals surface area contributed by atoms with E-state index < -0.39 is 0 Å². The number of hydrogen-bond donors (Lipinski definition) is 1. The SMILES string of the molecule is CCc1ccc(-n2nc(Cc3cccs3)c3c2NCC3)cc1. The van der Waals surface area contributed by atoms with Crippen molar-refractivity contribution < 1.29 is 0 Å². The number of nitrogens with one attached hydrogen (secondary N) is 1. The van der Waals surface area contributed by atoms with Gasteiger partial charge in [-0.15, -0.1) is 11.3 Å². The molecule has 0 spiro atoms. The maximum Gasteiger partial charge on any atom is 0.133 e. The zero-order valence-corrected chi connectivity index (χ0v) is 13.5. The molecule has 0 saturated heterocycles. The zero-order chi connectivity index (χ0) is 14.9. The van der Waals surface area contributed by atoms with Crippen molar-refractivity contribution in [1.82, 2.24) is 9.78 Å². The van der Waals surface area contributed by atoms with E-state index in [0.29, 0.717) is 0 Å². The molecular weight excluding hydrogens is 290 g/mol. The van der Waals surface area contributed by atoms with Gasteiger partial charge in [-0.1, -0.05) is 25.1 Å². The highest BCUT2D eigenvalue weighted by Gasteiger charge is 2.23. The predicted octanol–water partition coefficient (Wildman–Crippen LogP) is 4.06. The first kappa shape index (κ1) is 13.6. The van der Waals surface area contributed by atoms with Gasteiger partial charge in [0.2, 0.25) is 0 Å².